The Morgan fingerprint density at radius 2 is 1.50 bits per heavy atom. The maximum Gasteiger partial charge on any atom is 0.335 e. The highest BCUT2D eigenvalue weighted by Crippen LogP contribution is 2.51. The summed E-state index contributed by atoms with van der Waals surface area (Å²) < 4.78 is 60.8. The molecule has 0 radical (unpaired) electrons. The van der Waals surface area contributed by atoms with Gasteiger partial charge in [0.25, 0.3) is 0 Å². The largest absolute Gasteiger partial charge is 0.335 e. The first-order valence-corrected chi connectivity index (χ1v) is 7.16. The molecule has 18 heavy (non-hydrogen) atoms. The lowest BCUT2D eigenvalue weighted by atomic mass is 10.2. The summed E-state index contributed by atoms with van der Waals surface area (Å²) in [5.41, 5.74) is 0.0247. The molecule has 1 rings (SSSR count). The highest BCUT2D eigenvalue weighted by molar-refractivity contribution is 7.53. The monoisotopic (exact) mass is 282 g/mol. The molecule has 0 unspecified atom stereocenters. The van der Waals surface area contributed by atoms with Gasteiger partial charge in [-0.2, -0.15) is 0 Å². The van der Waals surface area contributed by atoms with Crippen molar-refractivity contribution < 1.29 is 26.8 Å². The van der Waals surface area contributed by atoms with Gasteiger partial charge < -0.3 is 9.05 Å². The lowest BCUT2D eigenvalue weighted by Crippen LogP contribution is -2.01. The summed E-state index contributed by atoms with van der Waals surface area (Å²) in [5, 5.41) is 0. The summed E-state index contributed by atoms with van der Waals surface area (Å²) in [4.78, 5) is 0. The van der Waals surface area contributed by atoms with Gasteiger partial charge in [0.1, 0.15) is 0 Å². The van der Waals surface area contributed by atoms with Crippen molar-refractivity contribution in [3.8, 4) is 0 Å². The van der Waals surface area contributed by atoms with Crippen LogP contribution in [0.3, 0.4) is 0 Å². The van der Waals surface area contributed by atoms with Gasteiger partial charge in [0.2, 0.25) is 0 Å². The van der Waals surface area contributed by atoms with Gasteiger partial charge in [0, 0.05) is 0 Å². The van der Waals surface area contributed by atoms with Gasteiger partial charge in [-0.25, -0.2) is 13.2 Å². The third kappa shape index (κ3) is 3.83. The van der Waals surface area contributed by atoms with E-state index in [0.29, 0.717) is 0 Å². The van der Waals surface area contributed by atoms with Crippen molar-refractivity contribution in [1.29, 1.82) is 0 Å². The summed E-state index contributed by atoms with van der Waals surface area (Å²) in [6.07, 6.45) is -0.303. The average molecular weight is 282 g/mol. The van der Waals surface area contributed by atoms with Gasteiger partial charge in [-0.05, 0) is 31.5 Å². The molecule has 0 fully saturated rings. The molecule has 0 N–H and O–H groups in total. The normalized spacial score (nSPS) is 11.8. The van der Waals surface area contributed by atoms with E-state index in [9.17, 15) is 17.7 Å². The van der Waals surface area contributed by atoms with E-state index in [1.165, 1.54) is 0 Å². The smallest absolute Gasteiger partial charge is 0.309 e. The number of benzene rings is 1. The Morgan fingerprint density at radius 3 is 1.89 bits per heavy atom. The van der Waals surface area contributed by atoms with Crippen molar-refractivity contribution >= 4 is 7.60 Å². The quantitative estimate of drug-likeness (QED) is 0.587. The SMILES string of the molecule is CCOP(=O)(Cc1cc(F)c(F)c(F)c1)OCC. The van der Waals surface area contributed by atoms with Gasteiger partial charge in [0.05, 0.1) is 19.4 Å². The van der Waals surface area contributed by atoms with E-state index in [4.69, 9.17) is 9.05 Å². The van der Waals surface area contributed by atoms with Crippen LogP contribution in [0.15, 0.2) is 12.1 Å². The molecule has 1 aromatic carbocycles. The fourth-order valence-corrected chi connectivity index (χ4v) is 3.12. The summed E-state index contributed by atoms with van der Waals surface area (Å²) in [6, 6.07) is 1.56. The van der Waals surface area contributed by atoms with E-state index >= 15 is 0 Å². The Morgan fingerprint density at radius 1 is 1.06 bits per heavy atom. The molecule has 0 saturated heterocycles. The second-order valence-corrected chi connectivity index (χ2v) is 5.53. The molecule has 7 heteroatoms. The molecule has 0 aliphatic carbocycles. The predicted octanol–water partition coefficient (Wildman–Crippen LogP) is 3.87. The number of hydrogen-bond acceptors (Lipinski definition) is 3. The summed E-state index contributed by atoms with van der Waals surface area (Å²) in [5.74, 6) is -4.21. The Balaban J connectivity index is 2.98. The summed E-state index contributed by atoms with van der Waals surface area (Å²) in [7, 11) is -3.45. The highest BCUT2D eigenvalue weighted by Gasteiger charge is 2.25. The van der Waals surface area contributed by atoms with Crippen molar-refractivity contribution in [1.82, 2.24) is 0 Å². The average Bonchev–Trinajstić information content (AvgIpc) is 2.26. The third-order valence-electron chi connectivity index (χ3n) is 2.07. The fourth-order valence-electron chi connectivity index (χ4n) is 1.44. The van der Waals surface area contributed by atoms with E-state index in [1.807, 2.05) is 0 Å². The van der Waals surface area contributed by atoms with Crippen molar-refractivity contribution in [3.05, 3.63) is 35.1 Å². The number of halogens is 3. The molecular formula is C11H14F3O3P. The van der Waals surface area contributed by atoms with Gasteiger partial charge in [-0.15, -0.1) is 0 Å². The van der Waals surface area contributed by atoms with Gasteiger partial charge in [0.15, 0.2) is 17.5 Å². The maximum atomic E-state index is 13.0. The molecule has 0 aliphatic heterocycles. The van der Waals surface area contributed by atoms with Crippen LogP contribution in [-0.4, -0.2) is 13.2 Å². The second-order valence-electron chi connectivity index (χ2n) is 3.48. The minimum absolute atomic E-state index is 0.0247. The first-order chi connectivity index (χ1) is 8.41. The minimum atomic E-state index is -3.45. The molecular weight excluding hydrogens is 268 g/mol. The first kappa shape index (κ1) is 15.2. The minimum Gasteiger partial charge on any atom is -0.309 e. The number of rotatable bonds is 6. The van der Waals surface area contributed by atoms with Crippen molar-refractivity contribution in [2.45, 2.75) is 20.0 Å². The molecule has 0 bridgehead atoms. The van der Waals surface area contributed by atoms with Crippen molar-refractivity contribution in [2.75, 3.05) is 13.2 Å². The molecule has 0 aromatic heterocycles. The van der Waals surface area contributed by atoms with E-state index in [2.05, 4.69) is 0 Å². The van der Waals surface area contributed by atoms with Crippen LogP contribution in [0.2, 0.25) is 0 Å². The lowest BCUT2D eigenvalue weighted by molar-refractivity contribution is 0.219. The van der Waals surface area contributed by atoms with Crippen LogP contribution < -0.4 is 0 Å². The molecule has 0 heterocycles. The van der Waals surface area contributed by atoms with E-state index < -0.39 is 25.0 Å². The summed E-state index contributed by atoms with van der Waals surface area (Å²) >= 11 is 0. The predicted molar refractivity (Wildman–Crippen MR) is 60.9 cm³/mol. The Kier molecular flexibility index (Phi) is 5.38. The van der Waals surface area contributed by atoms with Crippen LogP contribution in [0.4, 0.5) is 13.2 Å². The highest BCUT2D eigenvalue weighted by atomic mass is 31.2. The first-order valence-electron chi connectivity index (χ1n) is 5.43. The Hall–Kier alpha value is -0.840. The fraction of sp³-hybridized carbons (Fsp3) is 0.455. The van der Waals surface area contributed by atoms with Gasteiger partial charge in [-0.1, -0.05) is 0 Å². The zero-order valence-electron chi connectivity index (χ0n) is 10.1. The standard InChI is InChI=1S/C11H14F3O3P/c1-3-16-18(15,17-4-2)7-8-5-9(12)11(14)10(13)6-8/h5-6H,3-4,7H2,1-2H3. The maximum absolute atomic E-state index is 13.0. The Labute approximate surface area is 103 Å². The van der Waals surface area contributed by atoms with Crippen LogP contribution in [-0.2, 0) is 19.8 Å². The van der Waals surface area contributed by atoms with Crippen LogP contribution in [0.1, 0.15) is 19.4 Å². The van der Waals surface area contributed by atoms with Crippen LogP contribution in [0.5, 0.6) is 0 Å². The molecule has 0 atom stereocenters. The van der Waals surface area contributed by atoms with E-state index in [1.54, 1.807) is 13.8 Å². The number of hydrogen-bond donors (Lipinski definition) is 0. The molecule has 102 valence electrons. The second kappa shape index (κ2) is 6.36. The summed E-state index contributed by atoms with van der Waals surface area (Å²) in [6.45, 7) is 3.53. The molecule has 0 aliphatic rings. The molecule has 0 amide bonds. The Bertz CT molecular complexity index is 432. The van der Waals surface area contributed by atoms with Crippen LogP contribution in [0.25, 0.3) is 0 Å². The van der Waals surface area contributed by atoms with E-state index in [0.717, 1.165) is 12.1 Å². The van der Waals surface area contributed by atoms with Gasteiger partial charge >= 0.3 is 7.60 Å². The molecule has 3 nitrogen and oxygen atoms in total. The van der Waals surface area contributed by atoms with Crippen LogP contribution >= 0.6 is 7.60 Å². The zero-order valence-corrected chi connectivity index (χ0v) is 11.0. The lowest BCUT2D eigenvalue weighted by Gasteiger charge is -2.17. The zero-order chi connectivity index (χ0) is 13.8. The van der Waals surface area contributed by atoms with Crippen molar-refractivity contribution in [3.63, 3.8) is 0 Å². The van der Waals surface area contributed by atoms with Crippen LogP contribution in [0, 0.1) is 17.5 Å². The third-order valence-corrected chi connectivity index (χ3v) is 4.13. The molecule has 0 spiro atoms. The molecule has 1 aromatic rings. The van der Waals surface area contributed by atoms with Gasteiger partial charge in [-0.3, -0.25) is 4.57 Å². The van der Waals surface area contributed by atoms with E-state index in [-0.39, 0.29) is 24.9 Å². The van der Waals surface area contributed by atoms with Crippen molar-refractivity contribution in [2.24, 2.45) is 0 Å². The topological polar surface area (TPSA) is 35.5 Å². The molecule has 0 saturated carbocycles.